The Labute approximate surface area is 104 Å². The van der Waals surface area contributed by atoms with Crippen molar-refractivity contribution >= 4 is 5.91 Å². The highest BCUT2D eigenvalue weighted by atomic mass is 16.2. The third-order valence-corrected chi connectivity index (χ3v) is 3.67. The van der Waals surface area contributed by atoms with Gasteiger partial charge in [-0.05, 0) is 27.1 Å². The van der Waals surface area contributed by atoms with E-state index in [1.165, 1.54) is 6.42 Å². The number of nitrogens with zero attached hydrogens (tertiary/aromatic N) is 3. The molecule has 0 aliphatic carbocycles. The van der Waals surface area contributed by atoms with Gasteiger partial charge in [0.2, 0.25) is 5.91 Å². The molecule has 98 valence electrons. The highest BCUT2D eigenvalue weighted by Gasteiger charge is 2.27. The molecule has 2 aliphatic rings. The van der Waals surface area contributed by atoms with Crippen LogP contribution in [0.1, 0.15) is 6.42 Å². The molecule has 1 unspecified atom stereocenters. The molecular weight excluding hydrogens is 216 g/mol. The van der Waals surface area contributed by atoms with Gasteiger partial charge in [0, 0.05) is 38.8 Å². The molecule has 2 heterocycles. The van der Waals surface area contributed by atoms with Gasteiger partial charge < -0.3 is 15.1 Å². The molecule has 2 saturated heterocycles. The van der Waals surface area contributed by atoms with Crippen molar-refractivity contribution in [3.63, 3.8) is 0 Å². The van der Waals surface area contributed by atoms with Gasteiger partial charge in [-0.15, -0.1) is 0 Å². The van der Waals surface area contributed by atoms with Gasteiger partial charge in [-0.1, -0.05) is 0 Å². The molecule has 0 bridgehead atoms. The van der Waals surface area contributed by atoms with Crippen molar-refractivity contribution in [2.24, 2.45) is 0 Å². The normalized spacial score (nSPS) is 26.8. The highest BCUT2D eigenvalue weighted by Crippen LogP contribution is 2.12. The number of rotatable bonds is 3. The largest absolute Gasteiger partial charge is 0.339 e. The summed E-state index contributed by atoms with van der Waals surface area (Å²) in [6, 6.07) is 0.695. The van der Waals surface area contributed by atoms with Gasteiger partial charge in [0.15, 0.2) is 0 Å². The van der Waals surface area contributed by atoms with Crippen LogP contribution in [0.15, 0.2) is 0 Å². The van der Waals surface area contributed by atoms with Gasteiger partial charge in [-0.25, -0.2) is 0 Å². The van der Waals surface area contributed by atoms with Gasteiger partial charge >= 0.3 is 0 Å². The maximum absolute atomic E-state index is 11.9. The summed E-state index contributed by atoms with van der Waals surface area (Å²) >= 11 is 0. The van der Waals surface area contributed by atoms with Crippen LogP contribution in [-0.4, -0.2) is 86.6 Å². The molecule has 2 fully saturated rings. The lowest BCUT2D eigenvalue weighted by molar-refractivity contribution is -0.133. The van der Waals surface area contributed by atoms with E-state index >= 15 is 0 Å². The van der Waals surface area contributed by atoms with Crippen molar-refractivity contribution in [1.82, 2.24) is 20.0 Å². The number of nitrogens with one attached hydrogen (secondary N) is 1. The number of hydrogen-bond donors (Lipinski definition) is 1. The average Bonchev–Trinajstić information content (AvgIpc) is 2.82. The minimum atomic E-state index is 0.263. The minimum absolute atomic E-state index is 0.263. The third-order valence-electron chi connectivity index (χ3n) is 3.67. The Morgan fingerprint density at radius 2 is 2.00 bits per heavy atom. The summed E-state index contributed by atoms with van der Waals surface area (Å²) in [5.74, 6) is 0.263. The molecule has 0 radical (unpaired) electrons. The Kier molecular flexibility index (Phi) is 4.36. The Morgan fingerprint density at radius 1 is 1.29 bits per heavy atom. The van der Waals surface area contributed by atoms with Crippen molar-refractivity contribution in [2.75, 3.05) is 59.9 Å². The molecule has 5 nitrogen and oxygen atoms in total. The minimum Gasteiger partial charge on any atom is -0.339 e. The zero-order valence-corrected chi connectivity index (χ0v) is 11.0. The van der Waals surface area contributed by atoms with Crippen molar-refractivity contribution in [3.8, 4) is 0 Å². The first-order chi connectivity index (χ1) is 8.16. The molecule has 0 aromatic rings. The highest BCUT2D eigenvalue weighted by molar-refractivity contribution is 5.78. The van der Waals surface area contributed by atoms with Gasteiger partial charge in [0.25, 0.3) is 0 Å². The smallest absolute Gasteiger partial charge is 0.236 e. The predicted octanol–water partition coefficient (Wildman–Crippen LogP) is -0.946. The molecule has 2 rings (SSSR count). The first kappa shape index (κ1) is 12.8. The predicted molar refractivity (Wildman–Crippen MR) is 68.0 cm³/mol. The van der Waals surface area contributed by atoms with Gasteiger partial charge in [-0.3, -0.25) is 9.69 Å². The van der Waals surface area contributed by atoms with Crippen LogP contribution in [0.4, 0.5) is 0 Å². The van der Waals surface area contributed by atoms with E-state index in [9.17, 15) is 4.79 Å². The summed E-state index contributed by atoms with van der Waals surface area (Å²) in [7, 11) is 3.89. The van der Waals surface area contributed by atoms with E-state index in [4.69, 9.17) is 0 Å². The molecule has 5 heteroatoms. The average molecular weight is 240 g/mol. The standard InChI is InChI=1S/C12H24N4O/c1-14(2)10-12(17)16-7-5-15(6-8-16)11-3-4-13-9-11/h11,13H,3-10H2,1-2H3. The molecular formula is C12H24N4O. The summed E-state index contributed by atoms with van der Waals surface area (Å²) < 4.78 is 0. The molecule has 0 aromatic heterocycles. The third kappa shape index (κ3) is 3.40. The van der Waals surface area contributed by atoms with Crippen molar-refractivity contribution in [3.05, 3.63) is 0 Å². The van der Waals surface area contributed by atoms with Gasteiger partial charge in [-0.2, -0.15) is 0 Å². The van der Waals surface area contributed by atoms with Crippen LogP contribution < -0.4 is 5.32 Å². The van der Waals surface area contributed by atoms with Crippen molar-refractivity contribution in [1.29, 1.82) is 0 Å². The van der Waals surface area contributed by atoms with Crippen LogP contribution >= 0.6 is 0 Å². The second-order valence-electron chi connectivity index (χ2n) is 5.30. The fourth-order valence-electron chi connectivity index (χ4n) is 2.66. The number of likely N-dealkylation sites (N-methyl/N-ethyl adjacent to an activating group) is 1. The second kappa shape index (κ2) is 5.80. The lowest BCUT2D eigenvalue weighted by Gasteiger charge is -2.38. The molecule has 0 spiro atoms. The zero-order valence-electron chi connectivity index (χ0n) is 11.0. The Bertz CT molecular complexity index is 255. The van der Waals surface area contributed by atoms with Crippen LogP contribution in [-0.2, 0) is 4.79 Å². The number of piperazine rings is 1. The quantitative estimate of drug-likeness (QED) is 0.691. The van der Waals surface area contributed by atoms with Crippen molar-refractivity contribution < 1.29 is 4.79 Å². The van der Waals surface area contributed by atoms with E-state index in [0.717, 1.165) is 39.3 Å². The number of amides is 1. The Hall–Kier alpha value is -0.650. The molecule has 17 heavy (non-hydrogen) atoms. The van der Waals surface area contributed by atoms with Crippen LogP contribution in [0.2, 0.25) is 0 Å². The molecule has 2 aliphatic heterocycles. The molecule has 0 aromatic carbocycles. The summed E-state index contributed by atoms with van der Waals surface area (Å²) in [5, 5.41) is 3.40. The van der Waals surface area contributed by atoms with E-state index in [2.05, 4.69) is 10.2 Å². The first-order valence-corrected chi connectivity index (χ1v) is 6.54. The van der Waals surface area contributed by atoms with E-state index < -0.39 is 0 Å². The van der Waals surface area contributed by atoms with E-state index in [1.807, 2.05) is 23.9 Å². The van der Waals surface area contributed by atoms with Crippen LogP contribution in [0.25, 0.3) is 0 Å². The Morgan fingerprint density at radius 3 is 2.53 bits per heavy atom. The first-order valence-electron chi connectivity index (χ1n) is 6.54. The number of carbonyl (C=O) groups is 1. The van der Waals surface area contributed by atoms with Crippen molar-refractivity contribution in [2.45, 2.75) is 12.5 Å². The van der Waals surface area contributed by atoms with Crippen LogP contribution in [0, 0.1) is 0 Å². The zero-order chi connectivity index (χ0) is 12.3. The Balaban J connectivity index is 1.75. The lowest BCUT2D eigenvalue weighted by atomic mass is 10.2. The van der Waals surface area contributed by atoms with E-state index in [1.54, 1.807) is 0 Å². The van der Waals surface area contributed by atoms with E-state index in [0.29, 0.717) is 12.6 Å². The molecule has 0 saturated carbocycles. The topological polar surface area (TPSA) is 38.8 Å². The second-order valence-corrected chi connectivity index (χ2v) is 5.30. The number of hydrogen-bond acceptors (Lipinski definition) is 4. The number of carbonyl (C=O) groups excluding carboxylic acids is 1. The molecule has 1 N–H and O–H groups in total. The maximum atomic E-state index is 11.9. The monoisotopic (exact) mass is 240 g/mol. The fraction of sp³-hybridized carbons (Fsp3) is 0.917. The van der Waals surface area contributed by atoms with Gasteiger partial charge in [0.1, 0.15) is 0 Å². The van der Waals surface area contributed by atoms with E-state index in [-0.39, 0.29) is 5.91 Å². The lowest BCUT2D eigenvalue weighted by Crippen LogP contribution is -2.53. The summed E-state index contributed by atoms with van der Waals surface area (Å²) in [5.41, 5.74) is 0. The van der Waals surface area contributed by atoms with Crippen LogP contribution in [0.3, 0.4) is 0 Å². The summed E-state index contributed by atoms with van der Waals surface area (Å²) in [4.78, 5) is 18.4. The fourth-order valence-corrected chi connectivity index (χ4v) is 2.66. The summed E-state index contributed by atoms with van der Waals surface area (Å²) in [6.07, 6.45) is 1.26. The van der Waals surface area contributed by atoms with Crippen LogP contribution in [0.5, 0.6) is 0 Å². The molecule has 1 atom stereocenters. The molecule has 1 amide bonds. The van der Waals surface area contributed by atoms with Gasteiger partial charge in [0.05, 0.1) is 6.54 Å². The summed E-state index contributed by atoms with van der Waals surface area (Å²) in [6.45, 7) is 6.64. The SMILES string of the molecule is CN(C)CC(=O)N1CCN(C2CCNC2)CC1. The maximum Gasteiger partial charge on any atom is 0.236 e.